The van der Waals surface area contributed by atoms with Gasteiger partial charge in [0.2, 0.25) is 0 Å². The van der Waals surface area contributed by atoms with E-state index in [1.165, 1.54) is 0 Å². The summed E-state index contributed by atoms with van der Waals surface area (Å²) in [5.74, 6) is 0.160. The van der Waals surface area contributed by atoms with E-state index in [0.29, 0.717) is 0 Å². The van der Waals surface area contributed by atoms with Gasteiger partial charge in [-0.25, -0.2) is 0 Å². The Balaban J connectivity index is 3.13. The fourth-order valence-electron chi connectivity index (χ4n) is 0.899. The van der Waals surface area contributed by atoms with E-state index < -0.39 is 0 Å². The van der Waals surface area contributed by atoms with Crippen molar-refractivity contribution in [3.8, 4) is 6.07 Å². The molecule has 0 aromatic rings. The van der Waals surface area contributed by atoms with E-state index in [0.717, 1.165) is 32.5 Å². The molecule has 0 spiro atoms. The van der Waals surface area contributed by atoms with Crippen molar-refractivity contribution in [2.75, 3.05) is 26.8 Å². The van der Waals surface area contributed by atoms with Gasteiger partial charge in [-0.2, -0.15) is 5.26 Å². The van der Waals surface area contributed by atoms with Crippen molar-refractivity contribution in [2.45, 2.75) is 19.8 Å². The van der Waals surface area contributed by atoms with Crippen LogP contribution in [0.1, 0.15) is 19.8 Å². The van der Waals surface area contributed by atoms with Gasteiger partial charge in [0.15, 0.2) is 0 Å². The van der Waals surface area contributed by atoms with E-state index in [4.69, 9.17) is 10.00 Å². The molecule has 0 aliphatic heterocycles. The Bertz CT molecular complexity index is 131. The molecular formula is C9H18N2O. The molecular weight excluding hydrogens is 152 g/mol. The maximum Gasteiger partial charge on any atom is 0.0669 e. The molecule has 12 heavy (non-hydrogen) atoms. The normalized spacial score (nSPS) is 12.4. The second-order valence-electron chi connectivity index (χ2n) is 2.78. The Labute approximate surface area is 74.7 Å². The monoisotopic (exact) mass is 170 g/mol. The third-order valence-corrected chi connectivity index (χ3v) is 1.77. The van der Waals surface area contributed by atoms with Crippen molar-refractivity contribution in [1.29, 1.82) is 5.26 Å². The van der Waals surface area contributed by atoms with Gasteiger partial charge in [0.25, 0.3) is 0 Å². The third kappa shape index (κ3) is 6.14. The summed E-state index contributed by atoms with van der Waals surface area (Å²) in [6, 6.07) is 2.25. The first-order valence-corrected chi connectivity index (χ1v) is 4.44. The molecule has 0 aliphatic carbocycles. The average Bonchev–Trinajstić information content (AvgIpc) is 2.11. The van der Waals surface area contributed by atoms with Gasteiger partial charge >= 0.3 is 0 Å². The smallest absolute Gasteiger partial charge is 0.0669 e. The molecule has 0 aromatic carbocycles. The van der Waals surface area contributed by atoms with Crippen LogP contribution in [0.25, 0.3) is 0 Å². The number of nitriles is 1. The number of rotatable bonds is 7. The summed E-state index contributed by atoms with van der Waals surface area (Å²) >= 11 is 0. The van der Waals surface area contributed by atoms with Crippen molar-refractivity contribution in [1.82, 2.24) is 5.32 Å². The second kappa shape index (κ2) is 8.51. The van der Waals surface area contributed by atoms with Gasteiger partial charge in [-0.3, -0.25) is 0 Å². The highest BCUT2D eigenvalue weighted by Gasteiger charge is 2.01. The van der Waals surface area contributed by atoms with Crippen LogP contribution in [0.2, 0.25) is 0 Å². The Morgan fingerprint density at radius 2 is 2.33 bits per heavy atom. The summed E-state index contributed by atoms with van der Waals surface area (Å²) in [6.45, 7) is 4.56. The number of ether oxygens (including phenoxy) is 1. The minimum absolute atomic E-state index is 0.160. The van der Waals surface area contributed by atoms with Crippen LogP contribution >= 0.6 is 0 Å². The van der Waals surface area contributed by atoms with Gasteiger partial charge in [0.1, 0.15) is 0 Å². The second-order valence-corrected chi connectivity index (χ2v) is 2.78. The molecule has 3 heteroatoms. The maximum atomic E-state index is 8.61. The summed E-state index contributed by atoms with van der Waals surface area (Å²) in [4.78, 5) is 0. The molecule has 0 bridgehead atoms. The predicted molar refractivity (Wildman–Crippen MR) is 48.8 cm³/mol. The molecule has 0 aliphatic rings. The van der Waals surface area contributed by atoms with Crippen LogP contribution < -0.4 is 5.32 Å². The molecule has 0 heterocycles. The summed E-state index contributed by atoms with van der Waals surface area (Å²) in [5, 5.41) is 11.8. The number of nitrogens with zero attached hydrogens (tertiary/aromatic N) is 1. The van der Waals surface area contributed by atoms with Crippen LogP contribution in [0.3, 0.4) is 0 Å². The van der Waals surface area contributed by atoms with Gasteiger partial charge in [0.05, 0.1) is 12.0 Å². The van der Waals surface area contributed by atoms with Crippen LogP contribution in [0.15, 0.2) is 0 Å². The standard InChI is InChI=1S/C9H18N2O/c1-3-9(7-10)8-11-5-4-6-12-2/h9,11H,3-6,8H2,1-2H3. The topological polar surface area (TPSA) is 45.0 Å². The zero-order chi connectivity index (χ0) is 9.23. The van der Waals surface area contributed by atoms with Gasteiger partial charge in [-0.1, -0.05) is 6.92 Å². The maximum absolute atomic E-state index is 8.61. The molecule has 0 radical (unpaired) electrons. The van der Waals surface area contributed by atoms with Gasteiger partial charge in [0, 0.05) is 20.3 Å². The summed E-state index contributed by atoms with van der Waals surface area (Å²) in [7, 11) is 1.70. The first-order chi connectivity index (χ1) is 5.85. The highest BCUT2D eigenvalue weighted by atomic mass is 16.5. The average molecular weight is 170 g/mol. The van der Waals surface area contributed by atoms with Gasteiger partial charge < -0.3 is 10.1 Å². The highest BCUT2D eigenvalue weighted by molar-refractivity contribution is 4.82. The van der Waals surface area contributed by atoms with Crippen LogP contribution in [0.4, 0.5) is 0 Å². The fraction of sp³-hybridized carbons (Fsp3) is 0.889. The quantitative estimate of drug-likeness (QED) is 0.583. The zero-order valence-corrected chi connectivity index (χ0v) is 7.97. The van der Waals surface area contributed by atoms with Crippen LogP contribution in [0.5, 0.6) is 0 Å². The zero-order valence-electron chi connectivity index (χ0n) is 7.97. The largest absolute Gasteiger partial charge is 0.385 e. The number of nitrogens with one attached hydrogen (secondary N) is 1. The van der Waals surface area contributed by atoms with E-state index in [9.17, 15) is 0 Å². The lowest BCUT2D eigenvalue weighted by Crippen LogP contribution is -2.23. The van der Waals surface area contributed by atoms with Crippen LogP contribution in [-0.4, -0.2) is 26.8 Å². The number of methoxy groups -OCH3 is 1. The minimum atomic E-state index is 0.160. The molecule has 0 aromatic heterocycles. The Hall–Kier alpha value is -0.590. The lowest BCUT2D eigenvalue weighted by Gasteiger charge is -2.07. The highest BCUT2D eigenvalue weighted by Crippen LogP contribution is 1.97. The molecule has 0 saturated heterocycles. The lowest BCUT2D eigenvalue weighted by molar-refractivity contribution is 0.194. The molecule has 0 rings (SSSR count). The minimum Gasteiger partial charge on any atom is -0.385 e. The van der Waals surface area contributed by atoms with E-state index in [-0.39, 0.29) is 5.92 Å². The summed E-state index contributed by atoms with van der Waals surface area (Å²) < 4.78 is 4.90. The fourth-order valence-corrected chi connectivity index (χ4v) is 0.899. The van der Waals surface area contributed by atoms with E-state index in [1.807, 2.05) is 6.92 Å². The van der Waals surface area contributed by atoms with Crippen molar-refractivity contribution in [3.63, 3.8) is 0 Å². The molecule has 3 nitrogen and oxygen atoms in total. The van der Waals surface area contributed by atoms with Crippen molar-refractivity contribution in [2.24, 2.45) is 5.92 Å². The van der Waals surface area contributed by atoms with Gasteiger partial charge in [-0.05, 0) is 19.4 Å². The first-order valence-electron chi connectivity index (χ1n) is 4.44. The molecule has 70 valence electrons. The Kier molecular flexibility index (Phi) is 8.09. The summed E-state index contributed by atoms with van der Waals surface area (Å²) in [6.07, 6.45) is 1.94. The number of hydrogen-bond acceptors (Lipinski definition) is 3. The number of hydrogen-bond donors (Lipinski definition) is 1. The molecule has 0 saturated carbocycles. The molecule has 0 fully saturated rings. The Morgan fingerprint density at radius 3 is 2.83 bits per heavy atom. The molecule has 0 amide bonds. The predicted octanol–water partition coefficient (Wildman–Crippen LogP) is 1.16. The molecule has 1 unspecified atom stereocenters. The van der Waals surface area contributed by atoms with Crippen molar-refractivity contribution >= 4 is 0 Å². The van der Waals surface area contributed by atoms with E-state index in [2.05, 4.69) is 11.4 Å². The van der Waals surface area contributed by atoms with Gasteiger partial charge in [-0.15, -0.1) is 0 Å². The molecule has 1 N–H and O–H groups in total. The van der Waals surface area contributed by atoms with Crippen LogP contribution in [-0.2, 0) is 4.74 Å². The van der Waals surface area contributed by atoms with Crippen molar-refractivity contribution in [3.05, 3.63) is 0 Å². The Morgan fingerprint density at radius 1 is 1.58 bits per heavy atom. The lowest BCUT2D eigenvalue weighted by atomic mass is 10.1. The SMILES string of the molecule is CCC(C#N)CNCCCOC. The summed E-state index contributed by atoms with van der Waals surface area (Å²) in [5.41, 5.74) is 0. The van der Waals surface area contributed by atoms with Crippen LogP contribution in [0, 0.1) is 17.2 Å². The molecule has 1 atom stereocenters. The van der Waals surface area contributed by atoms with Crippen molar-refractivity contribution < 1.29 is 4.74 Å². The first kappa shape index (κ1) is 11.4. The van der Waals surface area contributed by atoms with E-state index >= 15 is 0 Å². The van der Waals surface area contributed by atoms with E-state index in [1.54, 1.807) is 7.11 Å². The third-order valence-electron chi connectivity index (χ3n) is 1.77.